The highest BCUT2D eigenvalue weighted by molar-refractivity contribution is 5.92. The molecule has 2 rings (SSSR count). The average molecular weight is 298 g/mol. The van der Waals surface area contributed by atoms with Crippen molar-refractivity contribution in [3.05, 3.63) is 29.8 Å². The van der Waals surface area contributed by atoms with Crippen LogP contribution in [0.15, 0.2) is 18.2 Å². The van der Waals surface area contributed by atoms with Crippen molar-refractivity contribution in [3.8, 4) is 0 Å². The fourth-order valence-electron chi connectivity index (χ4n) is 2.57. The Kier molecular flexibility index (Phi) is 4.52. The molecule has 114 valence electrons. The van der Waals surface area contributed by atoms with Gasteiger partial charge in [-0.1, -0.05) is 6.92 Å². The number of likely N-dealkylation sites (tertiary alicyclic amines) is 1. The second-order valence-corrected chi connectivity index (χ2v) is 5.19. The molecule has 1 amide bonds. The molecule has 1 aromatic rings. The number of anilines is 1. The Morgan fingerprint density at radius 2 is 2.14 bits per heavy atom. The van der Waals surface area contributed by atoms with E-state index in [4.69, 9.17) is 5.11 Å². The Hall–Kier alpha value is -2.02. The summed E-state index contributed by atoms with van der Waals surface area (Å²) in [5.41, 5.74) is -0.251. The second-order valence-electron chi connectivity index (χ2n) is 5.19. The van der Waals surface area contributed by atoms with E-state index in [0.717, 1.165) is 18.2 Å². The van der Waals surface area contributed by atoms with Crippen molar-refractivity contribution in [1.29, 1.82) is 0 Å². The number of hydrogen-bond acceptors (Lipinski definition) is 3. The van der Waals surface area contributed by atoms with E-state index < -0.39 is 29.6 Å². The molecule has 0 spiro atoms. The number of benzene rings is 1. The van der Waals surface area contributed by atoms with Gasteiger partial charge in [-0.3, -0.25) is 14.5 Å². The van der Waals surface area contributed by atoms with Crippen molar-refractivity contribution in [2.75, 3.05) is 18.4 Å². The number of carboxylic acid groups (broad SMARTS) is 1. The molecule has 0 aromatic heterocycles. The van der Waals surface area contributed by atoms with Gasteiger partial charge in [0.15, 0.2) is 0 Å². The molecule has 21 heavy (non-hydrogen) atoms. The first-order chi connectivity index (χ1) is 9.88. The minimum absolute atomic E-state index is 0.0544. The number of amides is 1. The fraction of sp³-hybridized carbons (Fsp3) is 0.429. The quantitative estimate of drug-likeness (QED) is 0.887. The van der Waals surface area contributed by atoms with Crippen LogP contribution in [-0.4, -0.2) is 41.0 Å². The van der Waals surface area contributed by atoms with Gasteiger partial charge >= 0.3 is 5.97 Å². The molecule has 2 atom stereocenters. The molecule has 1 aromatic carbocycles. The van der Waals surface area contributed by atoms with Gasteiger partial charge in [0.2, 0.25) is 5.91 Å². The van der Waals surface area contributed by atoms with Crippen LogP contribution in [0.25, 0.3) is 0 Å². The maximum atomic E-state index is 13.4. The Morgan fingerprint density at radius 1 is 1.43 bits per heavy atom. The van der Waals surface area contributed by atoms with Gasteiger partial charge in [-0.25, -0.2) is 8.78 Å². The highest BCUT2D eigenvalue weighted by Gasteiger charge is 2.37. The number of carboxylic acids is 1. The highest BCUT2D eigenvalue weighted by atomic mass is 19.1. The number of nitrogens with zero attached hydrogens (tertiary/aromatic N) is 1. The summed E-state index contributed by atoms with van der Waals surface area (Å²) in [6.45, 7) is 2.12. The largest absolute Gasteiger partial charge is 0.480 e. The Morgan fingerprint density at radius 3 is 2.81 bits per heavy atom. The number of aliphatic carboxylic acids is 1. The maximum Gasteiger partial charge on any atom is 0.321 e. The van der Waals surface area contributed by atoms with Crippen LogP contribution in [0, 0.1) is 17.6 Å². The van der Waals surface area contributed by atoms with E-state index in [9.17, 15) is 18.4 Å². The zero-order valence-corrected chi connectivity index (χ0v) is 11.5. The fourth-order valence-corrected chi connectivity index (χ4v) is 2.57. The number of rotatable bonds is 4. The van der Waals surface area contributed by atoms with Crippen LogP contribution in [0.2, 0.25) is 0 Å². The second kappa shape index (κ2) is 6.17. The van der Waals surface area contributed by atoms with Crippen LogP contribution >= 0.6 is 0 Å². The summed E-state index contributed by atoms with van der Waals surface area (Å²) < 4.78 is 26.4. The van der Waals surface area contributed by atoms with Gasteiger partial charge in [0, 0.05) is 6.07 Å². The van der Waals surface area contributed by atoms with Gasteiger partial charge in [-0.15, -0.1) is 0 Å². The summed E-state index contributed by atoms with van der Waals surface area (Å²) in [5.74, 6) is -3.01. The van der Waals surface area contributed by atoms with Gasteiger partial charge in [0.1, 0.15) is 17.7 Å². The highest BCUT2D eigenvalue weighted by Crippen LogP contribution is 2.24. The molecule has 1 saturated heterocycles. The molecule has 0 bridgehead atoms. The lowest BCUT2D eigenvalue weighted by molar-refractivity contribution is -0.143. The lowest BCUT2D eigenvalue weighted by atomic mass is 10.0. The lowest BCUT2D eigenvalue weighted by Crippen LogP contribution is -2.43. The predicted octanol–water partition coefficient (Wildman–Crippen LogP) is 1.70. The Balaban J connectivity index is 2.02. The summed E-state index contributed by atoms with van der Waals surface area (Å²) >= 11 is 0. The third-order valence-corrected chi connectivity index (χ3v) is 3.61. The van der Waals surface area contributed by atoms with Crippen molar-refractivity contribution < 1.29 is 23.5 Å². The van der Waals surface area contributed by atoms with Crippen molar-refractivity contribution in [1.82, 2.24) is 4.90 Å². The van der Waals surface area contributed by atoms with Gasteiger partial charge in [-0.2, -0.15) is 0 Å². The molecule has 2 unspecified atom stereocenters. The van der Waals surface area contributed by atoms with Crippen LogP contribution in [-0.2, 0) is 9.59 Å². The standard InChI is InChI=1S/C14H16F2N2O3/c1-8-4-5-18(13(8)14(20)21)7-12(19)17-11-6-9(15)2-3-10(11)16/h2-3,6,8,13H,4-5,7H2,1H3,(H,17,19)(H,20,21). The summed E-state index contributed by atoms with van der Waals surface area (Å²) in [6, 6.07) is 2.03. The van der Waals surface area contributed by atoms with E-state index in [0.29, 0.717) is 13.0 Å². The van der Waals surface area contributed by atoms with E-state index >= 15 is 0 Å². The van der Waals surface area contributed by atoms with Gasteiger partial charge in [-0.05, 0) is 31.0 Å². The van der Waals surface area contributed by atoms with Crippen LogP contribution in [0.5, 0.6) is 0 Å². The SMILES string of the molecule is CC1CCN(CC(=O)Nc2cc(F)ccc2F)C1C(=O)O. The topological polar surface area (TPSA) is 69.6 Å². The van der Waals surface area contributed by atoms with Crippen LogP contribution < -0.4 is 5.32 Å². The summed E-state index contributed by atoms with van der Waals surface area (Å²) in [4.78, 5) is 24.6. The summed E-state index contributed by atoms with van der Waals surface area (Å²) in [7, 11) is 0. The zero-order valence-electron chi connectivity index (χ0n) is 11.5. The molecular formula is C14H16F2N2O3. The molecule has 1 fully saturated rings. The minimum atomic E-state index is -0.982. The van der Waals surface area contributed by atoms with E-state index in [1.807, 2.05) is 6.92 Å². The lowest BCUT2D eigenvalue weighted by Gasteiger charge is -2.22. The smallest absolute Gasteiger partial charge is 0.321 e. The zero-order chi connectivity index (χ0) is 15.6. The first-order valence-corrected chi connectivity index (χ1v) is 6.60. The van der Waals surface area contributed by atoms with Gasteiger partial charge in [0.25, 0.3) is 0 Å². The molecule has 1 aliphatic heterocycles. The van der Waals surface area contributed by atoms with Crippen molar-refractivity contribution in [2.24, 2.45) is 5.92 Å². The number of hydrogen-bond donors (Lipinski definition) is 2. The summed E-state index contributed by atoms with van der Waals surface area (Å²) in [6.07, 6.45) is 0.679. The molecule has 7 heteroatoms. The first-order valence-electron chi connectivity index (χ1n) is 6.60. The molecular weight excluding hydrogens is 282 g/mol. The number of nitrogens with one attached hydrogen (secondary N) is 1. The van der Waals surface area contributed by atoms with Crippen molar-refractivity contribution in [2.45, 2.75) is 19.4 Å². The van der Waals surface area contributed by atoms with Crippen LogP contribution in [0.4, 0.5) is 14.5 Å². The molecule has 5 nitrogen and oxygen atoms in total. The molecule has 2 N–H and O–H groups in total. The average Bonchev–Trinajstić information content (AvgIpc) is 2.75. The van der Waals surface area contributed by atoms with Crippen molar-refractivity contribution in [3.63, 3.8) is 0 Å². The molecule has 1 heterocycles. The Bertz CT molecular complexity index is 565. The van der Waals surface area contributed by atoms with Crippen LogP contribution in [0.3, 0.4) is 0 Å². The molecule has 0 saturated carbocycles. The van der Waals surface area contributed by atoms with Gasteiger partial charge in [0.05, 0.1) is 12.2 Å². The normalized spacial score (nSPS) is 22.2. The Labute approximate surface area is 120 Å². The third-order valence-electron chi connectivity index (χ3n) is 3.61. The van der Waals surface area contributed by atoms with Crippen LogP contribution in [0.1, 0.15) is 13.3 Å². The number of carbonyl (C=O) groups is 2. The number of carbonyl (C=O) groups excluding carboxylic acids is 1. The minimum Gasteiger partial charge on any atom is -0.480 e. The molecule has 0 aliphatic carbocycles. The van der Waals surface area contributed by atoms with E-state index in [2.05, 4.69) is 5.32 Å². The van der Waals surface area contributed by atoms with E-state index in [-0.39, 0.29) is 18.2 Å². The molecule has 0 radical (unpaired) electrons. The third kappa shape index (κ3) is 3.55. The first kappa shape index (κ1) is 15.4. The monoisotopic (exact) mass is 298 g/mol. The van der Waals surface area contributed by atoms with Crippen molar-refractivity contribution >= 4 is 17.6 Å². The maximum absolute atomic E-state index is 13.4. The summed E-state index contributed by atoms with van der Waals surface area (Å²) in [5, 5.41) is 11.4. The van der Waals surface area contributed by atoms with E-state index in [1.54, 1.807) is 0 Å². The predicted molar refractivity (Wildman–Crippen MR) is 71.8 cm³/mol. The van der Waals surface area contributed by atoms with E-state index in [1.165, 1.54) is 4.90 Å². The number of halogens is 2. The van der Waals surface area contributed by atoms with Gasteiger partial charge < -0.3 is 10.4 Å². The molecule has 1 aliphatic rings.